The van der Waals surface area contributed by atoms with E-state index in [1.807, 2.05) is 0 Å². The molecular formula is C11H24N2O3S. The van der Waals surface area contributed by atoms with Crippen LogP contribution in [0.3, 0.4) is 0 Å². The molecule has 0 aromatic rings. The lowest BCUT2D eigenvalue weighted by atomic mass is 10.4. The Labute approximate surface area is 104 Å². The van der Waals surface area contributed by atoms with Gasteiger partial charge in [0.15, 0.2) is 0 Å². The van der Waals surface area contributed by atoms with Crippen molar-refractivity contribution in [3.63, 3.8) is 0 Å². The van der Waals surface area contributed by atoms with E-state index >= 15 is 0 Å². The van der Waals surface area contributed by atoms with Gasteiger partial charge in [-0.05, 0) is 51.7 Å². The first-order chi connectivity index (χ1) is 8.14. The zero-order valence-corrected chi connectivity index (χ0v) is 11.2. The minimum atomic E-state index is -3.13. The van der Waals surface area contributed by atoms with Crippen LogP contribution in [0.15, 0.2) is 0 Å². The number of nitrogens with one attached hydrogen (secondary N) is 1. The molecule has 2 N–H and O–H groups in total. The molecule has 0 bridgehead atoms. The van der Waals surface area contributed by atoms with Crippen LogP contribution in [0.25, 0.3) is 0 Å². The van der Waals surface area contributed by atoms with Gasteiger partial charge >= 0.3 is 0 Å². The maximum atomic E-state index is 11.5. The van der Waals surface area contributed by atoms with Gasteiger partial charge in [0.2, 0.25) is 10.0 Å². The average molecular weight is 264 g/mol. The summed E-state index contributed by atoms with van der Waals surface area (Å²) in [5.74, 6) is 0.122. The molecule has 1 aliphatic heterocycles. The Balaban J connectivity index is 2.03. The van der Waals surface area contributed by atoms with Gasteiger partial charge in [-0.3, -0.25) is 0 Å². The molecule has 6 heteroatoms. The van der Waals surface area contributed by atoms with Gasteiger partial charge in [-0.25, -0.2) is 13.1 Å². The molecule has 1 fully saturated rings. The Bertz CT molecular complexity index is 287. The molecule has 0 aromatic heterocycles. The predicted molar refractivity (Wildman–Crippen MR) is 68.4 cm³/mol. The van der Waals surface area contributed by atoms with Crippen molar-refractivity contribution in [2.45, 2.75) is 32.1 Å². The number of rotatable bonds is 9. The van der Waals surface area contributed by atoms with Crippen LogP contribution in [-0.4, -0.2) is 57.0 Å². The van der Waals surface area contributed by atoms with E-state index in [9.17, 15) is 8.42 Å². The SMILES string of the molecule is O=S(=O)(CCCCO)NCCCN1CCCC1. The Morgan fingerprint density at radius 2 is 1.82 bits per heavy atom. The standard InChI is InChI=1S/C11H24N2O3S/c14-10-3-4-11-17(15,16)12-6-5-9-13-7-1-2-8-13/h12,14H,1-11H2. The molecule has 1 aliphatic rings. The van der Waals surface area contributed by atoms with Crippen molar-refractivity contribution in [1.29, 1.82) is 0 Å². The molecule has 0 aliphatic carbocycles. The van der Waals surface area contributed by atoms with Crippen molar-refractivity contribution in [2.75, 3.05) is 38.5 Å². The summed E-state index contributed by atoms with van der Waals surface area (Å²) in [5.41, 5.74) is 0. The summed E-state index contributed by atoms with van der Waals surface area (Å²) in [6, 6.07) is 0. The lowest BCUT2D eigenvalue weighted by molar-refractivity contribution is 0.287. The zero-order valence-electron chi connectivity index (χ0n) is 10.4. The van der Waals surface area contributed by atoms with Crippen molar-refractivity contribution in [3.05, 3.63) is 0 Å². The van der Waals surface area contributed by atoms with Crippen molar-refractivity contribution in [2.24, 2.45) is 0 Å². The molecule has 5 nitrogen and oxygen atoms in total. The Morgan fingerprint density at radius 3 is 2.47 bits per heavy atom. The monoisotopic (exact) mass is 264 g/mol. The summed E-state index contributed by atoms with van der Waals surface area (Å²) in [6.07, 6.45) is 4.49. The van der Waals surface area contributed by atoms with Gasteiger partial charge in [0, 0.05) is 13.2 Å². The third-order valence-electron chi connectivity index (χ3n) is 2.99. The highest BCUT2D eigenvalue weighted by Gasteiger charge is 2.12. The molecule has 0 amide bonds. The first-order valence-electron chi connectivity index (χ1n) is 6.44. The largest absolute Gasteiger partial charge is 0.396 e. The molecule has 17 heavy (non-hydrogen) atoms. The number of nitrogens with zero attached hydrogens (tertiary/aromatic N) is 1. The summed E-state index contributed by atoms with van der Waals surface area (Å²) < 4.78 is 25.6. The van der Waals surface area contributed by atoms with Gasteiger partial charge in [-0.2, -0.15) is 0 Å². The van der Waals surface area contributed by atoms with Gasteiger partial charge in [-0.15, -0.1) is 0 Å². The number of sulfonamides is 1. The minimum absolute atomic E-state index is 0.0600. The Hall–Kier alpha value is -0.170. The average Bonchev–Trinajstić information content (AvgIpc) is 2.77. The highest BCUT2D eigenvalue weighted by atomic mass is 32.2. The van der Waals surface area contributed by atoms with E-state index in [4.69, 9.17) is 5.11 Å². The normalized spacial score (nSPS) is 17.7. The Morgan fingerprint density at radius 1 is 1.12 bits per heavy atom. The van der Waals surface area contributed by atoms with Crippen molar-refractivity contribution >= 4 is 10.0 Å². The molecule has 1 rings (SSSR count). The quantitative estimate of drug-likeness (QED) is 0.582. The van der Waals surface area contributed by atoms with Gasteiger partial charge in [-0.1, -0.05) is 0 Å². The highest BCUT2D eigenvalue weighted by molar-refractivity contribution is 7.89. The molecule has 1 saturated heterocycles. The van der Waals surface area contributed by atoms with Crippen molar-refractivity contribution in [1.82, 2.24) is 9.62 Å². The first kappa shape index (κ1) is 14.9. The molecule has 0 spiro atoms. The van der Waals surface area contributed by atoms with E-state index in [0.717, 1.165) is 26.1 Å². The number of hydrogen-bond acceptors (Lipinski definition) is 4. The van der Waals surface area contributed by atoms with Crippen molar-refractivity contribution < 1.29 is 13.5 Å². The molecular weight excluding hydrogens is 240 g/mol. The summed E-state index contributed by atoms with van der Waals surface area (Å²) in [5, 5.41) is 8.58. The molecule has 0 aromatic carbocycles. The smallest absolute Gasteiger partial charge is 0.211 e. The number of likely N-dealkylation sites (tertiary alicyclic amines) is 1. The van der Waals surface area contributed by atoms with Crippen LogP contribution in [0.4, 0.5) is 0 Å². The fourth-order valence-corrected chi connectivity index (χ4v) is 3.20. The van der Waals surface area contributed by atoms with Gasteiger partial charge < -0.3 is 10.0 Å². The summed E-state index contributed by atoms with van der Waals surface area (Å²) in [7, 11) is -3.13. The summed E-state index contributed by atoms with van der Waals surface area (Å²) in [6.45, 7) is 3.88. The molecule has 1 heterocycles. The van der Waals surface area contributed by atoms with Crippen LogP contribution < -0.4 is 4.72 Å². The predicted octanol–water partition coefficient (Wildman–Crippen LogP) is 0.164. The summed E-state index contributed by atoms with van der Waals surface area (Å²) in [4.78, 5) is 2.38. The third-order valence-corrected chi connectivity index (χ3v) is 4.46. The van der Waals surface area contributed by atoms with Crippen LogP contribution >= 0.6 is 0 Å². The van der Waals surface area contributed by atoms with E-state index < -0.39 is 10.0 Å². The molecule has 0 unspecified atom stereocenters. The van der Waals surface area contributed by atoms with E-state index in [0.29, 0.717) is 19.4 Å². The van der Waals surface area contributed by atoms with Gasteiger partial charge in [0.1, 0.15) is 0 Å². The van der Waals surface area contributed by atoms with Crippen LogP contribution in [0.5, 0.6) is 0 Å². The van der Waals surface area contributed by atoms with E-state index in [2.05, 4.69) is 9.62 Å². The van der Waals surface area contributed by atoms with Crippen LogP contribution in [0, 0.1) is 0 Å². The first-order valence-corrected chi connectivity index (χ1v) is 8.10. The van der Waals surface area contributed by atoms with Crippen LogP contribution in [0.1, 0.15) is 32.1 Å². The van der Waals surface area contributed by atoms with Gasteiger partial charge in [0.05, 0.1) is 5.75 Å². The minimum Gasteiger partial charge on any atom is -0.396 e. The Kier molecular flexibility index (Phi) is 7.03. The van der Waals surface area contributed by atoms with E-state index in [1.165, 1.54) is 12.8 Å². The third kappa shape index (κ3) is 6.98. The number of hydrogen-bond donors (Lipinski definition) is 2. The molecule has 0 saturated carbocycles. The molecule has 0 radical (unpaired) electrons. The lowest BCUT2D eigenvalue weighted by Gasteiger charge is -2.14. The zero-order chi connectivity index (χ0) is 12.6. The summed E-state index contributed by atoms with van der Waals surface area (Å²) >= 11 is 0. The van der Waals surface area contributed by atoms with E-state index in [1.54, 1.807) is 0 Å². The highest BCUT2D eigenvalue weighted by Crippen LogP contribution is 2.07. The second kappa shape index (κ2) is 8.02. The molecule has 0 atom stereocenters. The number of aliphatic hydroxyl groups excluding tert-OH is 1. The maximum absolute atomic E-state index is 11.5. The van der Waals surface area contributed by atoms with E-state index in [-0.39, 0.29) is 12.4 Å². The second-order valence-electron chi connectivity index (χ2n) is 4.55. The fourth-order valence-electron chi connectivity index (χ4n) is 2.01. The second-order valence-corrected chi connectivity index (χ2v) is 6.47. The number of unbranched alkanes of at least 4 members (excludes halogenated alkanes) is 1. The van der Waals surface area contributed by atoms with Crippen molar-refractivity contribution in [3.8, 4) is 0 Å². The topological polar surface area (TPSA) is 69.6 Å². The van der Waals surface area contributed by atoms with Crippen LogP contribution in [0.2, 0.25) is 0 Å². The fraction of sp³-hybridized carbons (Fsp3) is 1.00. The number of aliphatic hydroxyl groups is 1. The van der Waals surface area contributed by atoms with Crippen LogP contribution in [-0.2, 0) is 10.0 Å². The lowest BCUT2D eigenvalue weighted by Crippen LogP contribution is -2.30. The maximum Gasteiger partial charge on any atom is 0.211 e. The molecule has 102 valence electrons. The van der Waals surface area contributed by atoms with Gasteiger partial charge in [0.25, 0.3) is 0 Å².